The summed E-state index contributed by atoms with van der Waals surface area (Å²) < 4.78 is 5.19. The molecular formula is C12H17NO2. The Bertz CT molecular complexity index is 311. The van der Waals surface area contributed by atoms with E-state index in [4.69, 9.17) is 4.74 Å². The van der Waals surface area contributed by atoms with E-state index in [0.29, 0.717) is 6.42 Å². The standard InChI is InChI=1S/C12H17NO2/c1-4-12(14)13(10(2)15-3)11-8-6-5-7-9-11/h5-10H,4H2,1-3H3. The quantitative estimate of drug-likeness (QED) is 0.710. The Morgan fingerprint density at radius 3 is 2.47 bits per heavy atom. The van der Waals surface area contributed by atoms with Crippen molar-refractivity contribution in [1.29, 1.82) is 0 Å². The van der Waals surface area contributed by atoms with Crippen LogP contribution in [0.4, 0.5) is 5.69 Å². The second-order valence-corrected chi connectivity index (χ2v) is 3.29. The van der Waals surface area contributed by atoms with Gasteiger partial charge in [0, 0.05) is 19.2 Å². The molecule has 1 rings (SSSR count). The number of nitrogens with zero attached hydrogens (tertiary/aromatic N) is 1. The average molecular weight is 207 g/mol. The van der Waals surface area contributed by atoms with Gasteiger partial charge in [-0.1, -0.05) is 25.1 Å². The van der Waals surface area contributed by atoms with Gasteiger partial charge in [-0.3, -0.25) is 9.69 Å². The van der Waals surface area contributed by atoms with E-state index in [2.05, 4.69) is 0 Å². The van der Waals surface area contributed by atoms with Gasteiger partial charge in [0.15, 0.2) is 0 Å². The Balaban J connectivity index is 2.96. The molecule has 0 saturated carbocycles. The van der Waals surface area contributed by atoms with Crippen LogP contribution >= 0.6 is 0 Å². The summed E-state index contributed by atoms with van der Waals surface area (Å²) in [5.74, 6) is 0.0653. The molecular weight excluding hydrogens is 190 g/mol. The topological polar surface area (TPSA) is 29.5 Å². The summed E-state index contributed by atoms with van der Waals surface area (Å²) in [4.78, 5) is 13.4. The van der Waals surface area contributed by atoms with E-state index < -0.39 is 0 Å². The monoisotopic (exact) mass is 207 g/mol. The fourth-order valence-electron chi connectivity index (χ4n) is 1.42. The van der Waals surface area contributed by atoms with E-state index >= 15 is 0 Å². The molecule has 82 valence electrons. The molecule has 3 heteroatoms. The van der Waals surface area contributed by atoms with Gasteiger partial charge in [-0.05, 0) is 19.1 Å². The van der Waals surface area contributed by atoms with E-state index in [1.165, 1.54) is 0 Å². The number of benzene rings is 1. The number of hydrogen-bond donors (Lipinski definition) is 0. The van der Waals surface area contributed by atoms with Gasteiger partial charge in [-0.25, -0.2) is 0 Å². The van der Waals surface area contributed by atoms with Crippen molar-refractivity contribution < 1.29 is 9.53 Å². The maximum atomic E-state index is 11.8. The van der Waals surface area contributed by atoms with Crippen LogP contribution in [0, 0.1) is 0 Å². The Morgan fingerprint density at radius 1 is 1.40 bits per heavy atom. The summed E-state index contributed by atoms with van der Waals surface area (Å²) in [6.07, 6.45) is 0.239. The molecule has 0 aliphatic carbocycles. The van der Waals surface area contributed by atoms with Crippen LogP contribution < -0.4 is 4.90 Å². The van der Waals surface area contributed by atoms with Gasteiger partial charge in [0.05, 0.1) is 0 Å². The fraction of sp³-hybridized carbons (Fsp3) is 0.417. The Morgan fingerprint density at radius 2 is 2.00 bits per heavy atom. The van der Waals surface area contributed by atoms with Crippen molar-refractivity contribution in [3.05, 3.63) is 30.3 Å². The molecule has 0 N–H and O–H groups in total. The molecule has 15 heavy (non-hydrogen) atoms. The van der Waals surface area contributed by atoms with Crippen LogP contribution in [0.1, 0.15) is 20.3 Å². The number of carbonyl (C=O) groups is 1. The predicted octanol–water partition coefficient (Wildman–Crippen LogP) is 2.42. The highest BCUT2D eigenvalue weighted by atomic mass is 16.5. The molecule has 0 aromatic heterocycles. The molecule has 0 aliphatic rings. The minimum atomic E-state index is -0.236. The molecule has 1 amide bonds. The molecule has 1 unspecified atom stereocenters. The molecule has 0 aliphatic heterocycles. The number of para-hydroxylation sites is 1. The molecule has 0 saturated heterocycles. The third kappa shape index (κ3) is 2.80. The van der Waals surface area contributed by atoms with Crippen molar-refractivity contribution >= 4 is 11.6 Å². The largest absolute Gasteiger partial charge is 0.361 e. The zero-order valence-electron chi connectivity index (χ0n) is 9.43. The number of rotatable bonds is 4. The molecule has 1 atom stereocenters. The van der Waals surface area contributed by atoms with Crippen LogP contribution in [0.3, 0.4) is 0 Å². The van der Waals surface area contributed by atoms with E-state index in [1.54, 1.807) is 12.0 Å². The predicted molar refractivity (Wildman–Crippen MR) is 60.7 cm³/mol. The summed E-state index contributed by atoms with van der Waals surface area (Å²) >= 11 is 0. The molecule has 0 bridgehead atoms. The molecule has 1 aromatic rings. The van der Waals surface area contributed by atoms with Crippen molar-refractivity contribution in [3.8, 4) is 0 Å². The van der Waals surface area contributed by atoms with Crippen LogP contribution in [-0.2, 0) is 9.53 Å². The Labute approximate surface area is 90.7 Å². The highest BCUT2D eigenvalue weighted by Crippen LogP contribution is 2.17. The molecule has 0 radical (unpaired) electrons. The van der Waals surface area contributed by atoms with E-state index in [9.17, 15) is 4.79 Å². The number of anilines is 1. The van der Waals surface area contributed by atoms with E-state index in [0.717, 1.165) is 5.69 Å². The third-order valence-electron chi connectivity index (χ3n) is 2.31. The Hall–Kier alpha value is -1.35. The number of amides is 1. The van der Waals surface area contributed by atoms with Crippen LogP contribution in [-0.4, -0.2) is 19.2 Å². The maximum Gasteiger partial charge on any atom is 0.228 e. The highest BCUT2D eigenvalue weighted by molar-refractivity contribution is 5.93. The lowest BCUT2D eigenvalue weighted by Gasteiger charge is -2.27. The van der Waals surface area contributed by atoms with Gasteiger partial charge in [0.25, 0.3) is 0 Å². The van der Waals surface area contributed by atoms with E-state index in [-0.39, 0.29) is 12.1 Å². The number of methoxy groups -OCH3 is 1. The number of ether oxygens (including phenoxy) is 1. The van der Waals surface area contributed by atoms with Crippen LogP contribution in [0.15, 0.2) is 30.3 Å². The van der Waals surface area contributed by atoms with Crippen molar-refractivity contribution in [1.82, 2.24) is 0 Å². The minimum Gasteiger partial charge on any atom is -0.361 e. The number of carbonyl (C=O) groups excluding carboxylic acids is 1. The lowest BCUT2D eigenvalue weighted by atomic mass is 10.2. The van der Waals surface area contributed by atoms with Crippen molar-refractivity contribution in [3.63, 3.8) is 0 Å². The van der Waals surface area contributed by atoms with Gasteiger partial charge < -0.3 is 4.74 Å². The first-order valence-electron chi connectivity index (χ1n) is 5.10. The molecule has 0 fully saturated rings. The zero-order chi connectivity index (χ0) is 11.3. The highest BCUT2D eigenvalue weighted by Gasteiger charge is 2.19. The first-order chi connectivity index (χ1) is 7.20. The summed E-state index contributed by atoms with van der Waals surface area (Å²) in [7, 11) is 1.60. The lowest BCUT2D eigenvalue weighted by Crippen LogP contribution is -2.39. The molecule has 0 heterocycles. The molecule has 3 nitrogen and oxygen atoms in total. The van der Waals surface area contributed by atoms with Gasteiger partial charge in [0.1, 0.15) is 6.23 Å². The smallest absolute Gasteiger partial charge is 0.228 e. The van der Waals surface area contributed by atoms with Gasteiger partial charge >= 0.3 is 0 Å². The lowest BCUT2D eigenvalue weighted by molar-refractivity contribution is -0.120. The first-order valence-corrected chi connectivity index (χ1v) is 5.10. The summed E-state index contributed by atoms with van der Waals surface area (Å²) in [6.45, 7) is 3.71. The minimum absolute atomic E-state index is 0.0653. The second kappa shape index (κ2) is 5.51. The van der Waals surface area contributed by atoms with Crippen molar-refractivity contribution in [2.24, 2.45) is 0 Å². The SMILES string of the molecule is CCC(=O)N(c1ccccc1)C(C)OC. The summed E-state index contributed by atoms with van der Waals surface area (Å²) in [5, 5.41) is 0. The maximum absolute atomic E-state index is 11.8. The van der Waals surface area contributed by atoms with Crippen molar-refractivity contribution in [2.45, 2.75) is 26.5 Å². The normalized spacial score (nSPS) is 12.2. The Kier molecular flexibility index (Phi) is 4.31. The zero-order valence-corrected chi connectivity index (χ0v) is 9.43. The number of hydrogen-bond acceptors (Lipinski definition) is 2. The second-order valence-electron chi connectivity index (χ2n) is 3.29. The fourth-order valence-corrected chi connectivity index (χ4v) is 1.42. The van der Waals surface area contributed by atoms with Gasteiger partial charge in [0.2, 0.25) is 5.91 Å². The van der Waals surface area contributed by atoms with E-state index in [1.807, 2.05) is 44.2 Å². The summed E-state index contributed by atoms with van der Waals surface area (Å²) in [5.41, 5.74) is 0.874. The van der Waals surface area contributed by atoms with Gasteiger partial charge in [-0.2, -0.15) is 0 Å². The van der Waals surface area contributed by atoms with Gasteiger partial charge in [-0.15, -0.1) is 0 Å². The summed E-state index contributed by atoms with van der Waals surface area (Å²) in [6, 6.07) is 9.56. The first kappa shape index (κ1) is 11.7. The third-order valence-corrected chi connectivity index (χ3v) is 2.31. The van der Waals surface area contributed by atoms with Crippen LogP contribution in [0.2, 0.25) is 0 Å². The molecule has 0 spiro atoms. The average Bonchev–Trinajstić information content (AvgIpc) is 2.30. The van der Waals surface area contributed by atoms with Crippen LogP contribution in [0.5, 0.6) is 0 Å². The van der Waals surface area contributed by atoms with Crippen molar-refractivity contribution in [2.75, 3.05) is 12.0 Å². The van der Waals surface area contributed by atoms with Crippen LogP contribution in [0.25, 0.3) is 0 Å². The molecule has 1 aromatic carbocycles.